The third kappa shape index (κ3) is 7.37. The fourth-order valence-corrected chi connectivity index (χ4v) is 3.73. The lowest BCUT2D eigenvalue weighted by Crippen LogP contribution is -2.48. The molecule has 8 nitrogen and oxygen atoms in total. The van der Waals surface area contributed by atoms with Gasteiger partial charge in [-0.1, -0.05) is 25.1 Å². The third-order valence-corrected chi connectivity index (χ3v) is 5.79. The number of carbonyl (C=O) groups is 3. The molecule has 0 heterocycles. The van der Waals surface area contributed by atoms with Gasteiger partial charge in [0.2, 0.25) is 0 Å². The van der Waals surface area contributed by atoms with Crippen LogP contribution >= 0.6 is 28.1 Å². The van der Waals surface area contributed by atoms with Gasteiger partial charge >= 0.3 is 0 Å². The van der Waals surface area contributed by atoms with E-state index in [0.29, 0.717) is 39.2 Å². The van der Waals surface area contributed by atoms with Crippen molar-refractivity contribution in [1.29, 1.82) is 0 Å². The molecule has 0 atom stereocenters. The molecular weight excluding hydrogens is 544 g/mol. The highest BCUT2D eigenvalue weighted by atomic mass is 79.9. The van der Waals surface area contributed by atoms with Gasteiger partial charge in [-0.15, -0.1) is 0 Å². The first kappa shape index (κ1) is 26.8. The number of ether oxygens (including phenoxy) is 1. The van der Waals surface area contributed by atoms with Crippen molar-refractivity contribution in [1.82, 2.24) is 16.2 Å². The number of aryl methyl sites for hydroxylation is 1. The Hall–Kier alpha value is -3.76. The number of benzene rings is 3. The van der Waals surface area contributed by atoms with Gasteiger partial charge in [0.05, 0.1) is 11.1 Å². The molecule has 3 rings (SSSR count). The first-order valence-electron chi connectivity index (χ1n) is 11.1. The van der Waals surface area contributed by atoms with E-state index in [1.165, 1.54) is 0 Å². The quantitative estimate of drug-likeness (QED) is 0.242. The number of amides is 3. The lowest BCUT2D eigenvalue weighted by Gasteiger charge is -2.12. The number of hydrogen-bond donors (Lipinski definition) is 4. The predicted octanol–water partition coefficient (Wildman–Crippen LogP) is 4.75. The number of rotatable bonds is 7. The Morgan fingerprint density at radius 1 is 0.889 bits per heavy atom. The lowest BCUT2D eigenvalue weighted by atomic mass is 10.1. The molecule has 0 aliphatic carbocycles. The van der Waals surface area contributed by atoms with E-state index in [-0.39, 0.29) is 11.0 Å². The molecule has 3 aromatic rings. The van der Waals surface area contributed by atoms with Crippen LogP contribution in [0.25, 0.3) is 0 Å². The van der Waals surface area contributed by atoms with Crippen LogP contribution in [0.2, 0.25) is 0 Å². The van der Waals surface area contributed by atoms with Crippen molar-refractivity contribution < 1.29 is 19.1 Å². The van der Waals surface area contributed by atoms with Crippen molar-refractivity contribution in [3.63, 3.8) is 0 Å². The molecule has 0 spiro atoms. The zero-order chi connectivity index (χ0) is 26.1. The summed E-state index contributed by atoms with van der Waals surface area (Å²) < 4.78 is 6.22. The number of hydrogen-bond acceptors (Lipinski definition) is 5. The second kappa shape index (κ2) is 12.8. The first-order chi connectivity index (χ1) is 17.3. The Balaban J connectivity index is 1.49. The zero-order valence-electron chi connectivity index (χ0n) is 19.7. The standard InChI is InChI=1S/C26H25BrN4O4S/c1-3-14-35-22-13-10-18(15-21(22)27)23(32)29-26(36)31-30-24(33)17-8-11-19(12-9-17)28-25(34)20-7-5-4-6-16(20)2/h4-13,15H,3,14H2,1-2H3,(H,28,34)(H,30,33)(H2,29,31,32,36). The van der Waals surface area contributed by atoms with E-state index in [9.17, 15) is 14.4 Å². The van der Waals surface area contributed by atoms with Crippen molar-refractivity contribution in [3.8, 4) is 5.75 Å². The molecule has 4 N–H and O–H groups in total. The summed E-state index contributed by atoms with van der Waals surface area (Å²) in [5.74, 6) is -0.507. The van der Waals surface area contributed by atoms with Gasteiger partial charge in [0, 0.05) is 22.4 Å². The molecule has 10 heteroatoms. The van der Waals surface area contributed by atoms with Crippen molar-refractivity contribution in [2.45, 2.75) is 20.3 Å². The van der Waals surface area contributed by atoms with Crippen molar-refractivity contribution >= 4 is 56.7 Å². The Kier molecular flexibility index (Phi) is 9.54. The number of halogens is 1. The molecule has 36 heavy (non-hydrogen) atoms. The fourth-order valence-electron chi connectivity index (χ4n) is 3.09. The van der Waals surface area contributed by atoms with Crippen LogP contribution in [0, 0.1) is 6.92 Å². The lowest BCUT2D eigenvalue weighted by molar-refractivity contribution is 0.0934. The van der Waals surface area contributed by atoms with Gasteiger partial charge in [0.25, 0.3) is 17.7 Å². The van der Waals surface area contributed by atoms with E-state index < -0.39 is 11.8 Å². The van der Waals surface area contributed by atoms with E-state index in [0.717, 1.165) is 12.0 Å². The van der Waals surface area contributed by atoms with Crippen LogP contribution in [0.3, 0.4) is 0 Å². The minimum Gasteiger partial charge on any atom is -0.492 e. The van der Waals surface area contributed by atoms with E-state index >= 15 is 0 Å². The molecular formula is C26H25BrN4O4S. The second-order valence-corrected chi connectivity index (χ2v) is 8.97. The summed E-state index contributed by atoms with van der Waals surface area (Å²) in [5.41, 5.74) is 7.62. The summed E-state index contributed by atoms with van der Waals surface area (Å²) in [6.45, 7) is 4.44. The van der Waals surface area contributed by atoms with Crippen LogP contribution in [0.15, 0.2) is 71.2 Å². The summed E-state index contributed by atoms with van der Waals surface area (Å²) in [4.78, 5) is 37.3. The highest BCUT2D eigenvalue weighted by molar-refractivity contribution is 9.10. The molecule has 0 saturated heterocycles. The molecule has 0 aliphatic rings. The van der Waals surface area contributed by atoms with Gasteiger partial charge in [-0.25, -0.2) is 0 Å². The first-order valence-corrected chi connectivity index (χ1v) is 12.3. The molecule has 0 fully saturated rings. The van der Waals surface area contributed by atoms with Gasteiger partial charge in [-0.3, -0.25) is 30.6 Å². The maximum Gasteiger partial charge on any atom is 0.269 e. The van der Waals surface area contributed by atoms with Crippen LogP contribution in [0.5, 0.6) is 5.75 Å². The van der Waals surface area contributed by atoms with E-state index in [2.05, 4.69) is 37.4 Å². The van der Waals surface area contributed by atoms with Crippen molar-refractivity contribution in [2.75, 3.05) is 11.9 Å². The number of anilines is 1. The monoisotopic (exact) mass is 568 g/mol. The number of hydrazine groups is 1. The Bertz CT molecular complexity index is 1280. The van der Waals surface area contributed by atoms with Gasteiger partial charge in [0.1, 0.15) is 5.75 Å². The molecule has 186 valence electrons. The average molecular weight is 569 g/mol. The molecule has 0 aliphatic heterocycles. The maximum atomic E-state index is 12.4. The highest BCUT2D eigenvalue weighted by Gasteiger charge is 2.13. The van der Waals surface area contributed by atoms with E-state index in [4.69, 9.17) is 17.0 Å². The van der Waals surface area contributed by atoms with Gasteiger partial charge < -0.3 is 10.1 Å². The fraction of sp³-hybridized carbons (Fsp3) is 0.154. The Morgan fingerprint density at radius 3 is 2.25 bits per heavy atom. The predicted molar refractivity (Wildman–Crippen MR) is 146 cm³/mol. The number of thiocarbonyl (C=S) groups is 1. The van der Waals surface area contributed by atoms with Gasteiger partial charge in [-0.2, -0.15) is 0 Å². The summed E-state index contributed by atoms with van der Waals surface area (Å²) in [7, 11) is 0. The third-order valence-electron chi connectivity index (χ3n) is 4.97. The van der Waals surface area contributed by atoms with Crippen LogP contribution in [-0.2, 0) is 0 Å². The zero-order valence-corrected chi connectivity index (χ0v) is 22.1. The summed E-state index contributed by atoms with van der Waals surface area (Å²) >= 11 is 8.48. The minimum atomic E-state index is -0.469. The SMILES string of the molecule is CCCOc1ccc(C(=O)NC(=S)NNC(=O)c2ccc(NC(=O)c3ccccc3C)cc2)cc1Br. The van der Waals surface area contributed by atoms with E-state index in [1.54, 1.807) is 54.6 Å². The molecule has 0 radical (unpaired) electrons. The highest BCUT2D eigenvalue weighted by Crippen LogP contribution is 2.26. The molecule has 3 amide bonds. The molecule has 0 unspecified atom stereocenters. The largest absolute Gasteiger partial charge is 0.492 e. The molecule has 0 saturated carbocycles. The molecule has 3 aromatic carbocycles. The summed E-state index contributed by atoms with van der Waals surface area (Å²) in [5, 5.41) is 5.23. The average Bonchev–Trinajstić information content (AvgIpc) is 2.87. The Labute approximate surface area is 222 Å². The summed E-state index contributed by atoms with van der Waals surface area (Å²) in [6.07, 6.45) is 0.870. The molecule has 0 aromatic heterocycles. The van der Waals surface area contributed by atoms with Crippen LogP contribution in [0.1, 0.15) is 50.0 Å². The van der Waals surface area contributed by atoms with Crippen molar-refractivity contribution in [3.05, 3.63) is 93.5 Å². The second-order valence-electron chi connectivity index (χ2n) is 7.70. The smallest absolute Gasteiger partial charge is 0.269 e. The van der Waals surface area contributed by atoms with E-state index in [1.807, 2.05) is 26.0 Å². The number of carbonyl (C=O) groups excluding carboxylic acids is 3. The van der Waals surface area contributed by atoms with Crippen LogP contribution < -0.4 is 26.2 Å². The number of nitrogens with one attached hydrogen (secondary N) is 4. The maximum absolute atomic E-state index is 12.4. The normalized spacial score (nSPS) is 10.2. The van der Waals surface area contributed by atoms with Crippen molar-refractivity contribution in [2.24, 2.45) is 0 Å². The Morgan fingerprint density at radius 2 is 1.58 bits per heavy atom. The van der Waals surface area contributed by atoms with Crippen LogP contribution in [-0.4, -0.2) is 29.4 Å². The topological polar surface area (TPSA) is 109 Å². The minimum absolute atomic E-state index is 0.0714. The van der Waals surface area contributed by atoms with Crippen LogP contribution in [0.4, 0.5) is 5.69 Å². The molecule has 0 bridgehead atoms. The summed E-state index contributed by atoms with van der Waals surface area (Å²) in [6, 6.07) is 18.6. The van der Waals surface area contributed by atoms with Gasteiger partial charge in [0.15, 0.2) is 5.11 Å². The van der Waals surface area contributed by atoms with Gasteiger partial charge in [-0.05, 0) is 95.6 Å².